The summed E-state index contributed by atoms with van der Waals surface area (Å²) < 4.78 is 0.270. The SMILES string of the molecule is CCCC(C)(CC(N1CCCC1=O)C(C)(CCC)C(C)C)SC. The van der Waals surface area contributed by atoms with E-state index in [9.17, 15) is 4.79 Å². The van der Waals surface area contributed by atoms with Crippen molar-refractivity contribution in [1.29, 1.82) is 0 Å². The Bertz CT molecular complexity index is 384. The molecule has 1 amide bonds. The first kappa shape index (κ1) is 20.9. The van der Waals surface area contributed by atoms with Gasteiger partial charge in [-0.2, -0.15) is 11.8 Å². The highest BCUT2D eigenvalue weighted by atomic mass is 32.2. The zero-order valence-electron chi connectivity index (χ0n) is 16.6. The summed E-state index contributed by atoms with van der Waals surface area (Å²) in [7, 11) is 0. The number of carbonyl (C=O) groups is 1. The fraction of sp³-hybridized carbons (Fsp3) is 0.950. The van der Waals surface area contributed by atoms with Gasteiger partial charge in [-0.05, 0) is 43.3 Å². The Hall–Kier alpha value is -0.180. The van der Waals surface area contributed by atoms with Crippen LogP contribution >= 0.6 is 11.8 Å². The van der Waals surface area contributed by atoms with Crippen molar-refractivity contribution in [1.82, 2.24) is 4.90 Å². The Morgan fingerprint density at radius 3 is 2.17 bits per heavy atom. The zero-order valence-corrected chi connectivity index (χ0v) is 17.4. The van der Waals surface area contributed by atoms with E-state index in [1.165, 1.54) is 25.7 Å². The largest absolute Gasteiger partial charge is 0.339 e. The standard InChI is InChI=1S/C20H39NOS/c1-8-12-19(5,23-7)15-17(21-14-10-11-18(21)22)20(6,13-9-2)16(3)4/h16-17H,8-15H2,1-7H3. The highest BCUT2D eigenvalue weighted by molar-refractivity contribution is 7.99. The number of thioether (sulfide) groups is 1. The van der Waals surface area contributed by atoms with Crippen LogP contribution in [0.5, 0.6) is 0 Å². The van der Waals surface area contributed by atoms with Gasteiger partial charge < -0.3 is 4.90 Å². The lowest BCUT2D eigenvalue weighted by atomic mass is 9.67. The fourth-order valence-electron chi connectivity index (χ4n) is 4.30. The first-order valence-electron chi connectivity index (χ1n) is 9.58. The van der Waals surface area contributed by atoms with Gasteiger partial charge in [0, 0.05) is 23.8 Å². The topological polar surface area (TPSA) is 20.3 Å². The molecule has 1 heterocycles. The first-order chi connectivity index (χ1) is 10.7. The molecule has 0 aromatic heterocycles. The summed E-state index contributed by atoms with van der Waals surface area (Å²) in [4.78, 5) is 14.8. The van der Waals surface area contributed by atoms with E-state index in [1.807, 2.05) is 11.8 Å². The van der Waals surface area contributed by atoms with Gasteiger partial charge in [0.25, 0.3) is 0 Å². The second-order valence-corrected chi connectivity index (χ2v) is 9.62. The van der Waals surface area contributed by atoms with Gasteiger partial charge >= 0.3 is 0 Å². The van der Waals surface area contributed by atoms with E-state index in [2.05, 4.69) is 52.7 Å². The Kier molecular flexibility index (Phi) is 7.97. The molecule has 0 radical (unpaired) electrons. The molecule has 0 N–H and O–H groups in total. The van der Waals surface area contributed by atoms with Crippen molar-refractivity contribution in [3.8, 4) is 0 Å². The summed E-state index contributed by atoms with van der Waals surface area (Å²) in [5.41, 5.74) is 0.208. The lowest BCUT2D eigenvalue weighted by Gasteiger charge is -2.49. The van der Waals surface area contributed by atoms with Crippen LogP contribution in [0.3, 0.4) is 0 Å². The highest BCUT2D eigenvalue weighted by Gasteiger charge is 2.45. The third kappa shape index (κ3) is 4.90. The predicted molar refractivity (Wildman–Crippen MR) is 104 cm³/mol. The molecule has 0 aromatic carbocycles. The van der Waals surface area contributed by atoms with E-state index >= 15 is 0 Å². The zero-order chi connectivity index (χ0) is 17.7. The van der Waals surface area contributed by atoms with Crippen LogP contribution in [0.15, 0.2) is 0 Å². The smallest absolute Gasteiger partial charge is 0.222 e. The van der Waals surface area contributed by atoms with Crippen molar-refractivity contribution in [2.45, 2.75) is 97.3 Å². The molecule has 2 nitrogen and oxygen atoms in total. The van der Waals surface area contributed by atoms with Crippen LogP contribution in [0.4, 0.5) is 0 Å². The molecule has 0 aliphatic carbocycles. The first-order valence-corrected chi connectivity index (χ1v) is 10.8. The molecule has 136 valence electrons. The van der Waals surface area contributed by atoms with Crippen molar-refractivity contribution in [3.63, 3.8) is 0 Å². The third-order valence-corrected chi connectivity index (χ3v) is 7.61. The minimum Gasteiger partial charge on any atom is -0.339 e. The average Bonchev–Trinajstić information content (AvgIpc) is 2.91. The highest BCUT2D eigenvalue weighted by Crippen LogP contribution is 2.46. The molecule has 3 unspecified atom stereocenters. The van der Waals surface area contributed by atoms with Crippen LogP contribution in [-0.4, -0.2) is 34.4 Å². The van der Waals surface area contributed by atoms with Crippen LogP contribution in [0.25, 0.3) is 0 Å². The van der Waals surface area contributed by atoms with Crippen molar-refractivity contribution in [2.24, 2.45) is 11.3 Å². The van der Waals surface area contributed by atoms with E-state index in [0.29, 0.717) is 17.9 Å². The fourth-order valence-corrected chi connectivity index (χ4v) is 5.03. The van der Waals surface area contributed by atoms with Crippen LogP contribution in [-0.2, 0) is 4.79 Å². The number of likely N-dealkylation sites (tertiary alicyclic amines) is 1. The molecule has 0 saturated carbocycles. The summed E-state index contributed by atoms with van der Waals surface area (Å²) >= 11 is 1.99. The van der Waals surface area contributed by atoms with Gasteiger partial charge in [-0.3, -0.25) is 4.79 Å². The second-order valence-electron chi connectivity index (χ2n) is 8.23. The van der Waals surface area contributed by atoms with Crippen molar-refractivity contribution in [2.75, 3.05) is 12.8 Å². The maximum atomic E-state index is 12.5. The van der Waals surface area contributed by atoms with Crippen molar-refractivity contribution < 1.29 is 4.79 Å². The van der Waals surface area contributed by atoms with Gasteiger partial charge in [0.15, 0.2) is 0 Å². The summed E-state index contributed by atoms with van der Waals surface area (Å²) in [5.74, 6) is 0.978. The molecule has 3 heteroatoms. The quantitative estimate of drug-likeness (QED) is 0.504. The molecule has 0 aromatic rings. The number of hydrogen-bond acceptors (Lipinski definition) is 2. The third-order valence-electron chi connectivity index (χ3n) is 6.25. The lowest BCUT2D eigenvalue weighted by molar-refractivity contribution is -0.133. The molecule has 1 aliphatic heterocycles. The van der Waals surface area contributed by atoms with Crippen molar-refractivity contribution >= 4 is 17.7 Å². The van der Waals surface area contributed by atoms with Gasteiger partial charge in [0.2, 0.25) is 5.91 Å². The Labute approximate surface area is 149 Å². The number of carbonyl (C=O) groups excluding carboxylic acids is 1. The van der Waals surface area contributed by atoms with Gasteiger partial charge in [-0.15, -0.1) is 0 Å². The minimum atomic E-state index is 0.208. The number of amides is 1. The van der Waals surface area contributed by atoms with Crippen LogP contribution in [0, 0.1) is 11.3 Å². The van der Waals surface area contributed by atoms with E-state index in [4.69, 9.17) is 0 Å². The molecule has 1 rings (SSSR count). The summed E-state index contributed by atoms with van der Waals surface area (Å²) in [6, 6.07) is 0.376. The van der Waals surface area contributed by atoms with Gasteiger partial charge in [0.1, 0.15) is 0 Å². The van der Waals surface area contributed by atoms with Crippen molar-refractivity contribution in [3.05, 3.63) is 0 Å². The molecule has 3 atom stereocenters. The molecule has 0 spiro atoms. The summed E-state index contributed by atoms with van der Waals surface area (Å²) in [5, 5.41) is 0. The Morgan fingerprint density at radius 2 is 1.78 bits per heavy atom. The van der Waals surface area contributed by atoms with E-state index in [-0.39, 0.29) is 10.2 Å². The average molecular weight is 342 g/mol. The molecule has 0 bridgehead atoms. The van der Waals surface area contributed by atoms with Crippen LogP contribution in [0.1, 0.15) is 86.5 Å². The van der Waals surface area contributed by atoms with E-state index in [0.717, 1.165) is 25.8 Å². The lowest BCUT2D eigenvalue weighted by Crippen LogP contribution is -2.52. The molecule has 1 saturated heterocycles. The van der Waals surface area contributed by atoms with Crippen LogP contribution in [0.2, 0.25) is 0 Å². The maximum Gasteiger partial charge on any atom is 0.222 e. The summed E-state index contributed by atoms with van der Waals surface area (Å²) in [6.45, 7) is 15.1. The van der Waals surface area contributed by atoms with Gasteiger partial charge in [0.05, 0.1) is 0 Å². The molecule has 1 fully saturated rings. The van der Waals surface area contributed by atoms with Gasteiger partial charge in [-0.25, -0.2) is 0 Å². The minimum absolute atomic E-state index is 0.208. The number of rotatable bonds is 10. The Balaban J connectivity index is 3.17. The number of hydrogen-bond donors (Lipinski definition) is 0. The predicted octanol–water partition coefficient (Wildman–Crippen LogP) is 5.75. The number of nitrogens with zero attached hydrogens (tertiary/aromatic N) is 1. The van der Waals surface area contributed by atoms with Crippen LogP contribution < -0.4 is 0 Å². The molecular weight excluding hydrogens is 302 g/mol. The van der Waals surface area contributed by atoms with E-state index < -0.39 is 0 Å². The summed E-state index contributed by atoms with van der Waals surface area (Å²) in [6.07, 6.45) is 10.00. The maximum absolute atomic E-state index is 12.5. The Morgan fingerprint density at radius 1 is 1.17 bits per heavy atom. The normalized spacial score (nSPS) is 22.3. The molecule has 23 heavy (non-hydrogen) atoms. The second kappa shape index (κ2) is 8.78. The molecule has 1 aliphatic rings. The van der Waals surface area contributed by atoms with Gasteiger partial charge in [-0.1, -0.05) is 54.4 Å². The monoisotopic (exact) mass is 341 g/mol. The van der Waals surface area contributed by atoms with E-state index in [1.54, 1.807) is 0 Å². The molecular formula is C20H39NOS.